The van der Waals surface area contributed by atoms with E-state index < -0.39 is 0 Å². The van der Waals surface area contributed by atoms with Gasteiger partial charge in [0.1, 0.15) is 0 Å². The molecule has 0 fully saturated rings. The van der Waals surface area contributed by atoms with E-state index in [9.17, 15) is 0 Å². The Morgan fingerprint density at radius 1 is 1.05 bits per heavy atom. The molecule has 1 nitrogen and oxygen atoms in total. The Labute approximate surface area is 121 Å². The van der Waals surface area contributed by atoms with Crippen LogP contribution in [0.15, 0.2) is 48.5 Å². The minimum atomic E-state index is 0.129. The molecule has 2 aromatic carbocycles. The number of terminal acetylenes is 1. The Bertz CT molecular complexity index is 605. The maximum absolute atomic E-state index is 5.66. The number of nitrogens with one attached hydrogen (secondary N) is 1. The lowest BCUT2D eigenvalue weighted by molar-refractivity contribution is 0.520. The second kappa shape index (κ2) is 5.53. The summed E-state index contributed by atoms with van der Waals surface area (Å²) in [6, 6.07) is 17.5. The van der Waals surface area contributed by atoms with Gasteiger partial charge in [-0.3, -0.25) is 5.32 Å². The molecule has 0 radical (unpaired) electrons. The normalized spacial score (nSPS) is 14.4. The van der Waals surface area contributed by atoms with Crippen molar-refractivity contribution in [2.24, 2.45) is 0 Å². The highest BCUT2D eigenvalue weighted by molar-refractivity contribution is 5.78. The van der Waals surface area contributed by atoms with Gasteiger partial charge in [-0.1, -0.05) is 67.8 Å². The summed E-state index contributed by atoms with van der Waals surface area (Å²) in [5.74, 6) is 2.88. The molecule has 1 heteroatoms. The third kappa shape index (κ3) is 2.13. The van der Waals surface area contributed by atoms with E-state index in [1.165, 1.54) is 22.3 Å². The Kier molecular flexibility index (Phi) is 3.58. The molecule has 0 amide bonds. The van der Waals surface area contributed by atoms with Crippen LogP contribution in [-0.4, -0.2) is 6.04 Å². The van der Waals surface area contributed by atoms with E-state index >= 15 is 0 Å². The van der Waals surface area contributed by atoms with Crippen LogP contribution in [0.5, 0.6) is 0 Å². The van der Waals surface area contributed by atoms with Crippen molar-refractivity contribution in [1.82, 2.24) is 5.32 Å². The fourth-order valence-corrected chi connectivity index (χ4v) is 3.04. The molecule has 3 rings (SSSR count). The summed E-state index contributed by atoms with van der Waals surface area (Å²) < 4.78 is 0. The highest BCUT2D eigenvalue weighted by Gasteiger charge is 2.28. The zero-order valence-electron chi connectivity index (χ0n) is 11.8. The summed E-state index contributed by atoms with van der Waals surface area (Å²) in [6.07, 6.45) is 7.77. The molecule has 1 atom stereocenters. The molecule has 0 bridgehead atoms. The van der Waals surface area contributed by atoms with Gasteiger partial charge in [0.15, 0.2) is 0 Å². The maximum Gasteiger partial charge on any atom is 0.0694 e. The third-order valence-electron chi connectivity index (χ3n) is 3.98. The highest BCUT2D eigenvalue weighted by Crippen LogP contribution is 2.43. The van der Waals surface area contributed by atoms with E-state index in [2.05, 4.69) is 66.7 Å². The predicted octanol–water partition coefficient (Wildman–Crippen LogP) is 4.15. The summed E-state index contributed by atoms with van der Waals surface area (Å²) in [5, 5.41) is 3.64. The average Bonchev–Trinajstić information content (AvgIpc) is 2.82. The number of fused-ring (bicyclic) bond motifs is 3. The zero-order chi connectivity index (χ0) is 13.9. The number of hydrogen-bond acceptors (Lipinski definition) is 1. The fraction of sp³-hybridized carbons (Fsp3) is 0.263. The van der Waals surface area contributed by atoms with Crippen molar-refractivity contribution in [2.45, 2.75) is 31.8 Å². The molecular weight excluding hydrogens is 242 g/mol. The van der Waals surface area contributed by atoms with Crippen molar-refractivity contribution in [1.29, 1.82) is 0 Å². The fourth-order valence-electron chi connectivity index (χ4n) is 3.04. The molecule has 20 heavy (non-hydrogen) atoms. The first-order valence-electron chi connectivity index (χ1n) is 7.25. The van der Waals surface area contributed by atoms with Gasteiger partial charge >= 0.3 is 0 Å². The Morgan fingerprint density at radius 2 is 1.60 bits per heavy atom. The van der Waals surface area contributed by atoms with Gasteiger partial charge in [0.2, 0.25) is 0 Å². The van der Waals surface area contributed by atoms with Gasteiger partial charge in [-0.05, 0) is 28.7 Å². The minimum absolute atomic E-state index is 0.129. The first-order valence-corrected chi connectivity index (χ1v) is 7.25. The van der Waals surface area contributed by atoms with Crippen molar-refractivity contribution in [3.05, 3.63) is 59.7 Å². The van der Waals surface area contributed by atoms with Gasteiger partial charge in [0, 0.05) is 0 Å². The Morgan fingerprint density at radius 3 is 2.10 bits per heavy atom. The van der Waals surface area contributed by atoms with Gasteiger partial charge in [-0.2, -0.15) is 0 Å². The van der Waals surface area contributed by atoms with Crippen molar-refractivity contribution < 1.29 is 0 Å². The number of hydrogen-bond donors (Lipinski definition) is 1. The SMILES string of the molecule is C#CC(CCC)NC1c2ccccc2-c2ccccc21. The van der Waals surface area contributed by atoms with Gasteiger partial charge in [-0.25, -0.2) is 0 Å². The summed E-state index contributed by atoms with van der Waals surface area (Å²) >= 11 is 0. The van der Waals surface area contributed by atoms with Crippen LogP contribution in [0.1, 0.15) is 36.9 Å². The van der Waals surface area contributed by atoms with Gasteiger partial charge in [-0.15, -0.1) is 6.42 Å². The zero-order valence-corrected chi connectivity index (χ0v) is 11.8. The maximum atomic E-state index is 5.66. The lowest BCUT2D eigenvalue weighted by Crippen LogP contribution is -2.31. The van der Waals surface area contributed by atoms with Crippen molar-refractivity contribution in [2.75, 3.05) is 0 Å². The monoisotopic (exact) mass is 261 g/mol. The van der Waals surface area contributed by atoms with Crippen LogP contribution in [0.4, 0.5) is 0 Å². The van der Waals surface area contributed by atoms with E-state index in [1.807, 2.05) is 0 Å². The van der Waals surface area contributed by atoms with Crippen LogP contribution >= 0.6 is 0 Å². The van der Waals surface area contributed by atoms with Crippen LogP contribution < -0.4 is 5.32 Å². The molecule has 100 valence electrons. The summed E-state index contributed by atoms with van der Waals surface area (Å²) in [5.41, 5.74) is 5.33. The molecule has 0 heterocycles. The van der Waals surface area contributed by atoms with Gasteiger partial charge in [0.25, 0.3) is 0 Å². The third-order valence-corrected chi connectivity index (χ3v) is 3.98. The summed E-state index contributed by atoms with van der Waals surface area (Å²) in [7, 11) is 0. The first-order chi connectivity index (χ1) is 9.85. The molecule has 0 saturated heterocycles. The molecule has 0 aliphatic heterocycles. The van der Waals surface area contributed by atoms with Crippen molar-refractivity contribution >= 4 is 0 Å². The molecular formula is C19H19N. The van der Waals surface area contributed by atoms with Crippen LogP contribution in [0.3, 0.4) is 0 Å². The Hall–Kier alpha value is -2.04. The summed E-state index contributed by atoms with van der Waals surface area (Å²) in [4.78, 5) is 0. The van der Waals surface area contributed by atoms with Crippen LogP contribution in [0.2, 0.25) is 0 Å². The van der Waals surface area contributed by atoms with E-state index in [0.717, 1.165) is 12.8 Å². The molecule has 0 aromatic heterocycles. The first kappa shape index (κ1) is 13.0. The predicted molar refractivity (Wildman–Crippen MR) is 84.4 cm³/mol. The molecule has 1 aliphatic carbocycles. The van der Waals surface area contributed by atoms with E-state index in [0.29, 0.717) is 0 Å². The number of benzene rings is 2. The quantitative estimate of drug-likeness (QED) is 0.815. The molecule has 0 saturated carbocycles. The molecule has 1 N–H and O–H groups in total. The van der Waals surface area contributed by atoms with Gasteiger partial charge in [0.05, 0.1) is 12.1 Å². The molecule has 2 aromatic rings. The lowest BCUT2D eigenvalue weighted by Gasteiger charge is -2.20. The lowest BCUT2D eigenvalue weighted by atomic mass is 10.0. The summed E-state index contributed by atoms with van der Waals surface area (Å²) in [6.45, 7) is 2.17. The minimum Gasteiger partial charge on any atom is -0.293 e. The largest absolute Gasteiger partial charge is 0.293 e. The second-order valence-electron chi connectivity index (χ2n) is 5.28. The van der Waals surface area contributed by atoms with Crippen LogP contribution in [-0.2, 0) is 0 Å². The van der Waals surface area contributed by atoms with E-state index in [1.54, 1.807) is 0 Å². The smallest absolute Gasteiger partial charge is 0.0694 e. The van der Waals surface area contributed by atoms with Crippen molar-refractivity contribution in [3.63, 3.8) is 0 Å². The molecule has 1 unspecified atom stereocenters. The van der Waals surface area contributed by atoms with E-state index in [-0.39, 0.29) is 12.1 Å². The average molecular weight is 261 g/mol. The van der Waals surface area contributed by atoms with Crippen LogP contribution in [0.25, 0.3) is 11.1 Å². The van der Waals surface area contributed by atoms with E-state index in [4.69, 9.17) is 6.42 Å². The Balaban J connectivity index is 2.01. The standard InChI is InChI=1S/C19H19N/c1-3-9-14(4-2)20-19-17-12-7-5-10-15(17)16-11-6-8-13-18(16)19/h2,5-8,10-14,19-20H,3,9H2,1H3. The second-order valence-corrected chi connectivity index (χ2v) is 5.28. The molecule has 1 aliphatic rings. The highest BCUT2D eigenvalue weighted by atomic mass is 15.0. The van der Waals surface area contributed by atoms with Crippen LogP contribution in [0, 0.1) is 12.3 Å². The van der Waals surface area contributed by atoms with Gasteiger partial charge < -0.3 is 0 Å². The topological polar surface area (TPSA) is 12.0 Å². The molecule has 0 spiro atoms. The van der Waals surface area contributed by atoms with Crippen molar-refractivity contribution in [3.8, 4) is 23.5 Å². The number of rotatable bonds is 4.